The van der Waals surface area contributed by atoms with Crippen molar-refractivity contribution in [2.24, 2.45) is 5.73 Å². The lowest BCUT2D eigenvalue weighted by atomic mass is 10.2. The van der Waals surface area contributed by atoms with Crippen molar-refractivity contribution in [2.45, 2.75) is 13.3 Å². The number of H-pyrrole nitrogens is 1. The highest BCUT2D eigenvalue weighted by Crippen LogP contribution is 2.14. The molecule has 0 saturated carbocycles. The Bertz CT molecular complexity index is 449. The Hall–Kier alpha value is -1.75. The van der Waals surface area contributed by atoms with Gasteiger partial charge in [-0.15, -0.1) is 0 Å². The molecule has 0 saturated heterocycles. The number of aromatic amines is 1. The predicted molar refractivity (Wildman–Crippen MR) is 57.1 cm³/mol. The molecule has 2 rings (SSSR count). The van der Waals surface area contributed by atoms with Crippen LogP contribution < -0.4 is 5.73 Å². The average molecular weight is 203 g/mol. The molecule has 3 N–H and O–H groups in total. The van der Waals surface area contributed by atoms with Crippen LogP contribution in [0.4, 0.5) is 0 Å². The molecule has 0 aromatic carbocycles. The molecule has 2 aromatic heterocycles. The second-order valence-electron chi connectivity index (χ2n) is 3.31. The average Bonchev–Trinajstić information content (AvgIpc) is 2.67. The zero-order valence-electron chi connectivity index (χ0n) is 8.57. The van der Waals surface area contributed by atoms with Gasteiger partial charge in [0.2, 0.25) is 0 Å². The van der Waals surface area contributed by atoms with Crippen LogP contribution in [-0.2, 0) is 6.42 Å². The van der Waals surface area contributed by atoms with Gasteiger partial charge in [0.05, 0.1) is 5.69 Å². The van der Waals surface area contributed by atoms with Crippen molar-refractivity contribution in [3.8, 4) is 11.4 Å². The summed E-state index contributed by atoms with van der Waals surface area (Å²) in [6.07, 6.45) is 2.53. The van der Waals surface area contributed by atoms with Gasteiger partial charge in [-0.1, -0.05) is 0 Å². The summed E-state index contributed by atoms with van der Waals surface area (Å²) in [6, 6.07) is 3.81. The van der Waals surface area contributed by atoms with Crippen molar-refractivity contribution in [1.82, 2.24) is 20.2 Å². The number of aromatic nitrogens is 4. The molecule has 0 unspecified atom stereocenters. The minimum atomic E-state index is 0.616. The highest BCUT2D eigenvalue weighted by Gasteiger charge is 2.04. The standard InChI is InChI=1S/C10H13N5/c1-7-12-5-3-9(13-7)10-6-8(2-4-11)14-15-10/h3,5-6H,2,4,11H2,1H3,(H,14,15). The smallest absolute Gasteiger partial charge is 0.125 e. The Labute approximate surface area is 87.8 Å². The number of nitrogens with zero attached hydrogens (tertiary/aromatic N) is 3. The summed E-state index contributed by atoms with van der Waals surface area (Å²) in [7, 11) is 0. The van der Waals surface area contributed by atoms with E-state index in [1.165, 1.54) is 0 Å². The third-order valence-corrected chi connectivity index (χ3v) is 2.08. The maximum Gasteiger partial charge on any atom is 0.125 e. The second kappa shape index (κ2) is 4.18. The summed E-state index contributed by atoms with van der Waals surface area (Å²) in [4.78, 5) is 8.33. The van der Waals surface area contributed by atoms with Gasteiger partial charge in [-0.3, -0.25) is 5.10 Å². The Morgan fingerprint density at radius 1 is 1.40 bits per heavy atom. The van der Waals surface area contributed by atoms with Crippen LogP contribution >= 0.6 is 0 Å². The number of nitrogens with one attached hydrogen (secondary N) is 1. The van der Waals surface area contributed by atoms with Crippen molar-refractivity contribution in [1.29, 1.82) is 0 Å². The van der Waals surface area contributed by atoms with Gasteiger partial charge < -0.3 is 5.73 Å². The van der Waals surface area contributed by atoms with Crippen LogP contribution in [0.25, 0.3) is 11.4 Å². The van der Waals surface area contributed by atoms with Gasteiger partial charge in [0.1, 0.15) is 11.5 Å². The maximum atomic E-state index is 5.46. The SMILES string of the molecule is Cc1nccc(-c2cc(CCN)[nH]n2)n1. The van der Waals surface area contributed by atoms with E-state index in [9.17, 15) is 0 Å². The second-order valence-corrected chi connectivity index (χ2v) is 3.31. The summed E-state index contributed by atoms with van der Waals surface area (Å²) in [5.74, 6) is 0.746. The number of aryl methyl sites for hydroxylation is 1. The Kier molecular flexibility index (Phi) is 2.73. The molecule has 0 aliphatic heterocycles. The Balaban J connectivity index is 2.29. The zero-order chi connectivity index (χ0) is 10.7. The summed E-state index contributed by atoms with van der Waals surface area (Å²) >= 11 is 0. The molecule has 0 aliphatic carbocycles. The lowest BCUT2D eigenvalue weighted by molar-refractivity contribution is 0.901. The number of hydrogen-bond donors (Lipinski definition) is 2. The van der Waals surface area contributed by atoms with E-state index in [-0.39, 0.29) is 0 Å². The van der Waals surface area contributed by atoms with Crippen LogP contribution in [0, 0.1) is 6.92 Å². The fourth-order valence-electron chi connectivity index (χ4n) is 1.38. The molecule has 0 spiro atoms. The van der Waals surface area contributed by atoms with Crippen molar-refractivity contribution < 1.29 is 0 Å². The fraction of sp³-hybridized carbons (Fsp3) is 0.300. The van der Waals surface area contributed by atoms with Crippen molar-refractivity contribution >= 4 is 0 Å². The highest BCUT2D eigenvalue weighted by molar-refractivity contribution is 5.53. The molecule has 78 valence electrons. The van der Waals surface area contributed by atoms with Gasteiger partial charge in [-0.25, -0.2) is 9.97 Å². The molecule has 0 aliphatic rings. The van der Waals surface area contributed by atoms with Gasteiger partial charge in [-0.05, 0) is 25.6 Å². The molecule has 0 amide bonds. The van der Waals surface area contributed by atoms with E-state index in [1.807, 2.05) is 19.1 Å². The number of rotatable bonds is 3. The monoisotopic (exact) mass is 203 g/mol. The number of nitrogens with two attached hydrogens (primary N) is 1. The maximum absolute atomic E-state index is 5.46. The van der Waals surface area contributed by atoms with Crippen molar-refractivity contribution in [2.75, 3.05) is 6.54 Å². The van der Waals surface area contributed by atoms with Gasteiger partial charge in [0.25, 0.3) is 0 Å². The topological polar surface area (TPSA) is 80.5 Å². The lowest BCUT2D eigenvalue weighted by Gasteiger charge is -1.95. The van der Waals surface area contributed by atoms with Crippen LogP contribution in [0.2, 0.25) is 0 Å². The zero-order valence-corrected chi connectivity index (χ0v) is 8.57. The quantitative estimate of drug-likeness (QED) is 0.768. The summed E-state index contributed by atoms with van der Waals surface area (Å²) in [6.45, 7) is 2.47. The van der Waals surface area contributed by atoms with Crippen molar-refractivity contribution in [3.63, 3.8) is 0 Å². The van der Waals surface area contributed by atoms with Gasteiger partial charge in [0.15, 0.2) is 0 Å². The third kappa shape index (κ3) is 2.19. The van der Waals surface area contributed by atoms with Crippen LogP contribution in [0.3, 0.4) is 0 Å². The molecule has 0 bridgehead atoms. The lowest BCUT2D eigenvalue weighted by Crippen LogP contribution is -2.02. The van der Waals surface area contributed by atoms with Crippen LogP contribution in [-0.4, -0.2) is 26.7 Å². The van der Waals surface area contributed by atoms with E-state index in [2.05, 4.69) is 20.2 Å². The molecule has 2 aromatic rings. The molecule has 15 heavy (non-hydrogen) atoms. The third-order valence-electron chi connectivity index (χ3n) is 2.08. The first-order valence-corrected chi connectivity index (χ1v) is 4.84. The molecule has 0 atom stereocenters. The molecule has 0 radical (unpaired) electrons. The van der Waals surface area contributed by atoms with E-state index in [0.717, 1.165) is 29.3 Å². The minimum Gasteiger partial charge on any atom is -0.330 e. The Morgan fingerprint density at radius 2 is 2.27 bits per heavy atom. The molecule has 5 nitrogen and oxygen atoms in total. The summed E-state index contributed by atoms with van der Waals surface area (Å²) in [5, 5.41) is 7.11. The first kappa shape index (κ1) is 9.79. The fourth-order valence-corrected chi connectivity index (χ4v) is 1.38. The minimum absolute atomic E-state index is 0.616. The molecular formula is C10H13N5. The van der Waals surface area contributed by atoms with E-state index in [4.69, 9.17) is 5.73 Å². The number of hydrogen-bond acceptors (Lipinski definition) is 4. The van der Waals surface area contributed by atoms with E-state index in [0.29, 0.717) is 6.54 Å². The van der Waals surface area contributed by atoms with Crippen LogP contribution in [0.15, 0.2) is 18.3 Å². The first-order chi connectivity index (χ1) is 7.29. The predicted octanol–water partition coefficient (Wildman–Crippen LogP) is 0.676. The molecular weight excluding hydrogens is 190 g/mol. The molecule has 2 heterocycles. The normalized spacial score (nSPS) is 10.5. The molecule has 0 fully saturated rings. The van der Waals surface area contributed by atoms with Gasteiger partial charge in [-0.2, -0.15) is 5.10 Å². The highest BCUT2D eigenvalue weighted by atomic mass is 15.1. The molecule has 5 heteroatoms. The van der Waals surface area contributed by atoms with E-state index in [1.54, 1.807) is 6.20 Å². The van der Waals surface area contributed by atoms with E-state index >= 15 is 0 Å². The van der Waals surface area contributed by atoms with Crippen molar-refractivity contribution in [3.05, 3.63) is 29.8 Å². The van der Waals surface area contributed by atoms with Gasteiger partial charge >= 0.3 is 0 Å². The van der Waals surface area contributed by atoms with Gasteiger partial charge in [0, 0.05) is 18.3 Å². The van der Waals surface area contributed by atoms with Crippen LogP contribution in [0.5, 0.6) is 0 Å². The summed E-state index contributed by atoms with van der Waals surface area (Å²) in [5.41, 5.74) is 8.16. The Morgan fingerprint density at radius 3 is 3.00 bits per heavy atom. The largest absolute Gasteiger partial charge is 0.330 e. The van der Waals surface area contributed by atoms with E-state index < -0.39 is 0 Å². The van der Waals surface area contributed by atoms with Crippen LogP contribution in [0.1, 0.15) is 11.5 Å². The summed E-state index contributed by atoms with van der Waals surface area (Å²) < 4.78 is 0. The first-order valence-electron chi connectivity index (χ1n) is 4.84.